The number of nitrogen functional groups attached to an aromatic ring is 1. The fraction of sp³-hybridized carbons (Fsp3) is 0.375. The molecule has 0 aliphatic carbocycles. The van der Waals surface area contributed by atoms with E-state index in [0.29, 0.717) is 6.29 Å². The van der Waals surface area contributed by atoms with Gasteiger partial charge in [-0.15, -0.1) is 0 Å². The predicted octanol–water partition coefficient (Wildman–Crippen LogP) is 5.29. The molecule has 1 heterocycles. The Labute approximate surface area is 191 Å². The molecule has 8 heteroatoms. The summed E-state index contributed by atoms with van der Waals surface area (Å²) < 4.78 is 42.3. The molecule has 0 spiro atoms. The van der Waals surface area contributed by atoms with Gasteiger partial charge in [0.15, 0.2) is 6.29 Å². The minimum atomic E-state index is -4.43. The Balaban J connectivity index is 0.000000229. The van der Waals surface area contributed by atoms with Crippen LogP contribution in [0.4, 0.5) is 18.9 Å². The number of rotatable bonds is 4. The van der Waals surface area contributed by atoms with E-state index < -0.39 is 11.7 Å². The standard InChI is InChI=1S/C14H22N2O.C10H4ClF3O/c1-12-6-8-16(9-7-12)10-11-17-14-4-2-13(15)3-5-14;11-9-6-8(10(12,13)14)4-3-7(9)2-1-5-15/h2-5,12H,6-11,15H2,1H3;3-6H. The van der Waals surface area contributed by atoms with Gasteiger partial charge in [-0.05, 0) is 80.2 Å². The molecule has 0 bridgehead atoms. The summed E-state index contributed by atoms with van der Waals surface area (Å²) in [5.74, 6) is 6.19. The zero-order chi connectivity index (χ0) is 23.6. The predicted molar refractivity (Wildman–Crippen MR) is 121 cm³/mol. The van der Waals surface area contributed by atoms with E-state index in [1.807, 2.05) is 24.3 Å². The zero-order valence-electron chi connectivity index (χ0n) is 17.8. The highest BCUT2D eigenvalue weighted by Crippen LogP contribution is 2.31. The molecule has 0 atom stereocenters. The smallest absolute Gasteiger partial charge is 0.416 e. The molecule has 1 saturated heterocycles. The Bertz CT molecular complexity index is 929. The molecule has 2 aromatic carbocycles. The normalized spacial score (nSPS) is 14.5. The van der Waals surface area contributed by atoms with Gasteiger partial charge in [-0.25, -0.2) is 0 Å². The van der Waals surface area contributed by atoms with Crippen molar-refractivity contribution < 1.29 is 22.7 Å². The Morgan fingerprint density at radius 1 is 1.19 bits per heavy atom. The molecular formula is C24H26ClF3N2O2. The van der Waals surface area contributed by atoms with Gasteiger partial charge in [0.05, 0.1) is 10.6 Å². The lowest BCUT2D eigenvalue weighted by Crippen LogP contribution is -2.35. The summed E-state index contributed by atoms with van der Waals surface area (Å²) >= 11 is 5.55. The number of aldehydes is 1. The maximum Gasteiger partial charge on any atom is 0.416 e. The van der Waals surface area contributed by atoms with E-state index in [4.69, 9.17) is 22.1 Å². The van der Waals surface area contributed by atoms with E-state index in [1.54, 1.807) is 0 Å². The topological polar surface area (TPSA) is 55.6 Å². The van der Waals surface area contributed by atoms with Crippen molar-refractivity contribution in [3.05, 3.63) is 58.6 Å². The van der Waals surface area contributed by atoms with Crippen LogP contribution in [-0.4, -0.2) is 37.4 Å². The second kappa shape index (κ2) is 12.4. The molecule has 0 radical (unpaired) electrons. The summed E-state index contributed by atoms with van der Waals surface area (Å²) in [6.07, 6.45) is -1.45. The van der Waals surface area contributed by atoms with Crippen LogP contribution in [0.15, 0.2) is 42.5 Å². The molecule has 0 unspecified atom stereocenters. The van der Waals surface area contributed by atoms with E-state index in [0.717, 1.165) is 48.7 Å². The molecule has 2 aromatic rings. The van der Waals surface area contributed by atoms with Gasteiger partial charge >= 0.3 is 6.18 Å². The van der Waals surface area contributed by atoms with Gasteiger partial charge in [0, 0.05) is 17.8 Å². The highest BCUT2D eigenvalue weighted by molar-refractivity contribution is 6.31. The number of hydrogen-bond donors (Lipinski definition) is 1. The van der Waals surface area contributed by atoms with Crippen molar-refractivity contribution in [2.24, 2.45) is 5.92 Å². The minimum absolute atomic E-state index is 0.126. The van der Waals surface area contributed by atoms with Gasteiger partial charge in [-0.3, -0.25) is 9.69 Å². The number of carbonyl (C=O) groups is 1. The maximum atomic E-state index is 12.2. The van der Waals surface area contributed by atoms with Crippen molar-refractivity contribution >= 4 is 23.6 Å². The van der Waals surface area contributed by atoms with Crippen molar-refractivity contribution in [3.8, 4) is 17.6 Å². The molecule has 4 nitrogen and oxygen atoms in total. The lowest BCUT2D eigenvalue weighted by atomic mass is 9.99. The number of nitrogens with zero attached hydrogens (tertiary/aromatic N) is 1. The number of benzene rings is 2. The molecule has 0 amide bonds. The summed E-state index contributed by atoms with van der Waals surface area (Å²) in [4.78, 5) is 12.4. The van der Waals surface area contributed by atoms with E-state index in [2.05, 4.69) is 23.7 Å². The van der Waals surface area contributed by atoms with E-state index in [-0.39, 0.29) is 10.6 Å². The van der Waals surface area contributed by atoms with Crippen LogP contribution in [-0.2, 0) is 11.0 Å². The Morgan fingerprint density at radius 3 is 2.41 bits per heavy atom. The maximum absolute atomic E-state index is 12.2. The monoisotopic (exact) mass is 466 g/mol. The molecule has 0 saturated carbocycles. The second-order valence-electron chi connectivity index (χ2n) is 7.52. The number of nitrogens with two attached hydrogens (primary N) is 1. The number of likely N-dealkylation sites (tertiary alicyclic amines) is 1. The molecule has 1 aliphatic heterocycles. The summed E-state index contributed by atoms with van der Waals surface area (Å²) in [7, 11) is 0. The first kappa shape index (κ1) is 25.6. The number of carbonyl (C=O) groups excluding carboxylic acids is 1. The van der Waals surface area contributed by atoms with Crippen LogP contribution >= 0.6 is 11.6 Å². The quantitative estimate of drug-likeness (QED) is 0.378. The first-order chi connectivity index (χ1) is 15.2. The molecule has 3 rings (SSSR count). The van der Waals surface area contributed by atoms with Crippen LogP contribution in [0.25, 0.3) is 0 Å². The largest absolute Gasteiger partial charge is 0.492 e. The molecule has 0 aromatic heterocycles. The Kier molecular flexibility index (Phi) is 9.89. The van der Waals surface area contributed by atoms with Crippen molar-refractivity contribution in [2.75, 3.05) is 32.0 Å². The minimum Gasteiger partial charge on any atom is -0.492 e. The van der Waals surface area contributed by atoms with Gasteiger partial charge in [-0.2, -0.15) is 13.2 Å². The molecule has 32 heavy (non-hydrogen) atoms. The van der Waals surface area contributed by atoms with Gasteiger partial charge in [-0.1, -0.05) is 24.4 Å². The van der Waals surface area contributed by atoms with E-state index >= 15 is 0 Å². The van der Waals surface area contributed by atoms with Crippen molar-refractivity contribution in [3.63, 3.8) is 0 Å². The second-order valence-corrected chi connectivity index (χ2v) is 7.93. The average Bonchev–Trinajstić information content (AvgIpc) is 2.75. The van der Waals surface area contributed by atoms with Crippen LogP contribution in [0.2, 0.25) is 5.02 Å². The summed E-state index contributed by atoms with van der Waals surface area (Å²) in [6, 6.07) is 10.4. The van der Waals surface area contributed by atoms with Gasteiger partial charge in [0.2, 0.25) is 0 Å². The third-order valence-corrected chi connectivity index (χ3v) is 5.31. The SMILES string of the molecule is CC1CCN(CCOc2ccc(N)cc2)CC1.O=CC#Cc1ccc(C(F)(F)F)cc1Cl. The number of halogens is 4. The van der Waals surface area contributed by atoms with Crippen LogP contribution < -0.4 is 10.5 Å². The van der Waals surface area contributed by atoms with E-state index in [1.165, 1.54) is 25.9 Å². The molecule has 172 valence electrons. The van der Waals surface area contributed by atoms with Crippen molar-refractivity contribution in [1.82, 2.24) is 4.90 Å². The van der Waals surface area contributed by atoms with Crippen molar-refractivity contribution in [2.45, 2.75) is 25.9 Å². The lowest BCUT2D eigenvalue weighted by molar-refractivity contribution is -0.137. The van der Waals surface area contributed by atoms with Crippen LogP contribution in [0, 0.1) is 17.8 Å². The fourth-order valence-corrected chi connectivity index (χ4v) is 3.27. The molecule has 2 N–H and O–H groups in total. The van der Waals surface area contributed by atoms with E-state index in [9.17, 15) is 18.0 Å². The molecule has 1 aliphatic rings. The summed E-state index contributed by atoms with van der Waals surface area (Å²) in [5.41, 5.74) is 5.75. The number of alkyl halides is 3. The third kappa shape index (κ3) is 8.81. The fourth-order valence-electron chi connectivity index (χ4n) is 3.04. The van der Waals surface area contributed by atoms with Gasteiger partial charge in [0.1, 0.15) is 12.4 Å². The molecule has 1 fully saturated rings. The Hall–Kier alpha value is -2.69. The third-order valence-electron chi connectivity index (χ3n) is 4.99. The zero-order valence-corrected chi connectivity index (χ0v) is 18.5. The van der Waals surface area contributed by atoms with Crippen molar-refractivity contribution in [1.29, 1.82) is 0 Å². The number of piperidine rings is 1. The number of ether oxygens (including phenoxy) is 1. The first-order valence-electron chi connectivity index (χ1n) is 10.2. The first-order valence-corrected chi connectivity index (χ1v) is 10.6. The molecular weight excluding hydrogens is 441 g/mol. The number of hydrogen-bond acceptors (Lipinski definition) is 4. The Morgan fingerprint density at radius 2 is 1.84 bits per heavy atom. The number of anilines is 1. The van der Waals surface area contributed by atoms with Crippen LogP contribution in [0.1, 0.15) is 30.9 Å². The van der Waals surface area contributed by atoms with Gasteiger partial charge < -0.3 is 10.5 Å². The van der Waals surface area contributed by atoms with Gasteiger partial charge in [0.25, 0.3) is 0 Å². The van der Waals surface area contributed by atoms with Crippen LogP contribution in [0.3, 0.4) is 0 Å². The highest BCUT2D eigenvalue weighted by Gasteiger charge is 2.30. The van der Waals surface area contributed by atoms with Crippen LogP contribution in [0.5, 0.6) is 5.75 Å². The lowest BCUT2D eigenvalue weighted by Gasteiger charge is -2.29. The summed E-state index contributed by atoms with van der Waals surface area (Å²) in [5, 5.41) is -0.126. The highest BCUT2D eigenvalue weighted by atomic mass is 35.5. The average molecular weight is 467 g/mol. The summed E-state index contributed by atoms with van der Waals surface area (Å²) in [6.45, 7) is 6.55.